The van der Waals surface area contributed by atoms with Crippen molar-refractivity contribution >= 4 is 5.97 Å². The summed E-state index contributed by atoms with van der Waals surface area (Å²) in [7, 11) is 0. The Balaban J connectivity index is 3.56. The Morgan fingerprint density at radius 1 is 1.42 bits per heavy atom. The molecule has 0 spiro atoms. The van der Waals surface area contributed by atoms with Gasteiger partial charge in [-0.3, -0.25) is 9.18 Å². The van der Waals surface area contributed by atoms with Crippen LogP contribution in [0, 0.1) is 5.92 Å². The van der Waals surface area contributed by atoms with Gasteiger partial charge in [0.25, 0.3) is 0 Å². The first-order valence-electron chi connectivity index (χ1n) is 4.51. The van der Waals surface area contributed by atoms with E-state index in [-0.39, 0.29) is 12.6 Å². The van der Waals surface area contributed by atoms with Crippen LogP contribution < -0.4 is 0 Å². The first kappa shape index (κ1) is 11.4. The van der Waals surface area contributed by atoms with Crippen molar-refractivity contribution in [2.75, 3.05) is 6.67 Å². The van der Waals surface area contributed by atoms with E-state index in [2.05, 4.69) is 0 Å². The summed E-state index contributed by atoms with van der Waals surface area (Å²) in [5.74, 6) is -1.00. The second-order valence-corrected chi connectivity index (χ2v) is 3.01. The van der Waals surface area contributed by atoms with Crippen molar-refractivity contribution in [3.05, 3.63) is 0 Å². The van der Waals surface area contributed by atoms with Crippen LogP contribution in [0.2, 0.25) is 0 Å². The lowest BCUT2D eigenvalue weighted by Gasteiger charge is -2.09. The Labute approximate surface area is 72.8 Å². The van der Waals surface area contributed by atoms with Gasteiger partial charge in [-0.2, -0.15) is 0 Å². The Bertz CT molecular complexity index is 126. The van der Waals surface area contributed by atoms with Crippen molar-refractivity contribution in [1.82, 2.24) is 0 Å². The van der Waals surface area contributed by atoms with E-state index in [0.717, 1.165) is 6.42 Å². The van der Waals surface area contributed by atoms with E-state index in [9.17, 15) is 9.18 Å². The minimum absolute atomic E-state index is 0.262. The summed E-state index contributed by atoms with van der Waals surface area (Å²) < 4.78 is 11.7. The van der Waals surface area contributed by atoms with Crippen LogP contribution in [0.5, 0.6) is 0 Å². The molecule has 0 heterocycles. The lowest BCUT2D eigenvalue weighted by Crippen LogP contribution is -2.13. The summed E-state index contributed by atoms with van der Waals surface area (Å²) in [4.78, 5) is 10.6. The van der Waals surface area contributed by atoms with Gasteiger partial charge in [0.2, 0.25) is 0 Å². The largest absolute Gasteiger partial charge is 0.481 e. The van der Waals surface area contributed by atoms with Crippen molar-refractivity contribution in [3.8, 4) is 0 Å². The molecule has 0 fully saturated rings. The zero-order valence-electron chi connectivity index (χ0n) is 7.55. The van der Waals surface area contributed by atoms with E-state index in [4.69, 9.17) is 5.11 Å². The third kappa shape index (κ3) is 5.10. The van der Waals surface area contributed by atoms with E-state index in [1.165, 1.54) is 0 Å². The average molecular weight is 176 g/mol. The fourth-order valence-electron chi connectivity index (χ4n) is 1.22. The number of halogens is 1. The van der Waals surface area contributed by atoms with Crippen LogP contribution >= 0.6 is 0 Å². The molecular weight excluding hydrogens is 159 g/mol. The molecule has 0 aliphatic heterocycles. The lowest BCUT2D eigenvalue weighted by molar-refractivity contribution is -0.142. The summed E-state index contributed by atoms with van der Waals surface area (Å²) in [6.45, 7) is 1.63. The van der Waals surface area contributed by atoms with Gasteiger partial charge in [0.15, 0.2) is 0 Å². The van der Waals surface area contributed by atoms with Crippen LogP contribution in [0.25, 0.3) is 0 Å². The number of alkyl halides is 1. The van der Waals surface area contributed by atoms with Crippen LogP contribution in [-0.2, 0) is 4.79 Å². The molecule has 0 bridgehead atoms. The van der Waals surface area contributed by atoms with Crippen LogP contribution in [0.3, 0.4) is 0 Å². The first-order chi connectivity index (χ1) is 5.72. The van der Waals surface area contributed by atoms with Crippen molar-refractivity contribution in [2.45, 2.75) is 39.0 Å². The number of aliphatic carboxylic acids is 1. The number of unbranched alkanes of at least 4 members (excludes halogenated alkanes) is 1. The maximum Gasteiger partial charge on any atom is 0.306 e. The smallest absolute Gasteiger partial charge is 0.306 e. The van der Waals surface area contributed by atoms with Gasteiger partial charge in [0.1, 0.15) is 0 Å². The van der Waals surface area contributed by atoms with Crippen molar-refractivity contribution in [2.24, 2.45) is 5.92 Å². The SMILES string of the molecule is CCCC(CCCCF)C(=O)O. The van der Waals surface area contributed by atoms with Gasteiger partial charge in [-0.25, -0.2) is 0 Å². The minimum atomic E-state index is -0.740. The first-order valence-corrected chi connectivity index (χ1v) is 4.51. The highest BCUT2D eigenvalue weighted by atomic mass is 19.1. The van der Waals surface area contributed by atoms with E-state index in [0.29, 0.717) is 25.7 Å². The second-order valence-electron chi connectivity index (χ2n) is 3.01. The van der Waals surface area contributed by atoms with Crippen LogP contribution in [0.4, 0.5) is 4.39 Å². The Kier molecular flexibility index (Phi) is 6.72. The number of hydrogen-bond acceptors (Lipinski definition) is 1. The molecule has 0 aromatic rings. The molecule has 0 saturated carbocycles. The third-order valence-electron chi connectivity index (χ3n) is 1.92. The van der Waals surface area contributed by atoms with E-state index < -0.39 is 5.97 Å². The zero-order chi connectivity index (χ0) is 9.40. The van der Waals surface area contributed by atoms with Crippen molar-refractivity contribution in [1.29, 1.82) is 0 Å². The predicted molar refractivity (Wildman–Crippen MR) is 45.9 cm³/mol. The fraction of sp³-hybridized carbons (Fsp3) is 0.889. The number of carboxylic acids is 1. The summed E-state index contributed by atoms with van der Waals surface area (Å²) >= 11 is 0. The Hall–Kier alpha value is -0.600. The molecule has 1 N–H and O–H groups in total. The molecule has 1 atom stereocenters. The van der Waals surface area contributed by atoms with Gasteiger partial charge in [-0.15, -0.1) is 0 Å². The standard InChI is InChI=1S/C9H17FO2/c1-2-5-8(9(11)12)6-3-4-7-10/h8H,2-7H2,1H3,(H,11,12). The van der Waals surface area contributed by atoms with Gasteiger partial charge in [-0.1, -0.05) is 13.3 Å². The van der Waals surface area contributed by atoms with E-state index >= 15 is 0 Å². The van der Waals surface area contributed by atoms with Gasteiger partial charge in [-0.05, 0) is 25.7 Å². The molecule has 0 aliphatic carbocycles. The quantitative estimate of drug-likeness (QED) is 0.605. The summed E-state index contributed by atoms with van der Waals surface area (Å²) in [6, 6.07) is 0. The molecule has 12 heavy (non-hydrogen) atoms. The Morgan fingerprint density at radius 3 is 2.50 bits per heavy atom. The molecule has 0 saturated heterocycles. The third-order valence-corrected chi connectivity index (χ3v) is 1.92. The number of carbonyl (C=O) groups is 1. The highest BCUT2D eigenvalue weighted by Crippen LogP contribution is 2.14. The van der Waals surface area contributed by atoms with Gasteiger partial charge in [0.05, 0.1) is 12.6 Å². The van der Waals surface area contributed by atoms with Gasteiger partial charge in [0, 0.05) is 0 Å². The topological polar surface area (TPSA) is 37.3 Å². The molecular formula is C9H17FO2. The molecule has 0 aromatic heterocycles. The second kappa shape index (κ2) is 7.07. The average Bonchev–Trinajstić information content (AvgIpc) is 2.03. The Morgan fingerprint density at radius 2 is 2.08 bits per heavy atom. The zero-order valence-corrected chi connectivity index (χ0v) is 7.55. The molecule has 0 radical (unpaired) electrons. The molecule has 2 nitrogen and oxygen atoms in total. The van der Waals surface area contributed by atoms with Crippen LogP contribution in [-0.4, -0.2) is 17.8 Å². The molecule has 0 amide bonds. The molecule has 1 unspecified atom stereocenters. The summed E-state index contributed by atoms with van der Waals surface area (Å²) in [5, 5.41) is 8.71. The highest BCUT2D eigenvalue weighted by Gasteiger charge is 2.14. The molecule has 0 aliphatic rings. The van der Waals surface area contributed by atoms with Crippen LogP contribution in [0.15, 0.2) is 0 Å². The van der Waals surface area contributed by atoms with Gasteiger partial charge >= 0.3 is 5.97 Å². The minimum Gasteiger partial charge on any atom is -0.481 e. The normalized spacial score (nSPS) is 12.8. The lowest BCUT2D eigenvalue weighted by atomic mass is 9.97. The maximum atomic E-state index is 11.7. The number of hydrogen-bond donors (Lipinski definition) is 1. The molecule has 3 heteroatoms. The summed E-state index contributed by atoms with van der Waals surface area (Å²) in [6.07, 6.45) is 3.39. The monoisotopic (exact) mass is 176 g/mol. The highest BCUT2D eigenvalue weighted by molar-refractivity contribution is 5.69. The summed E-state index contributed by atoms with van der Waals surface area (Å²) in [5.41, 5.74) is 0. The van der Waals surface area contributed by atoms with E-state index in [1.54, 1.807) is 0 Å². The van der Waals surface area contributed by atoms with E-state index in [1.807, 2.05) is 6.92 Å². The van der Waals surface area contributed by atoms with Gasteiger partial charge < -0.3 is 5.11 Å². The molecule has 72 valence electrons. The molecule has 0 aromatic carbocycles. The maximum absolute atomic E-state index is 11.7. The van der Waals surface area contributed by atoms with Crippen molar-refractivity contribution in [3.63, 3.8) is 0 Å². The molecule has 0 rings (SSSR count). The van der Waals surface area contributed by atoms with Crippen molar-refractivity contribution < 1.29 is 14.3 Å². The number of carboxylic acid groups (broad SMARTS) is 1. The van der Waals surface area contributed by atoms with Crippen LogP contribution in [0.1, 0.15) is 39.0 Å². The fourth-order valence-corrected chi connectivity index (χ4v) is 1.22. The predicted octanol–water partition coefficient (Wildman–Crippen LogP) is 2.63. The number of rotatable bonds is 7.